The van der Waals surface area contributed by atoms with Crippen LogP contribution in [0.2, 0.25) is 0 Å². The molecular weight excluding hydrogens is 404 g/mol. The number of hydrogen-bond acceptors (Lipinski definition) is 5. The van der Waals surface area contributed by atoms with E-state index in [1.54, 1.807) is 12.1 Å². The van der Waals surface area contributed by atoms with E-state index >= 15 is 0 Å². The zero-order valence-corrected chi connectivity index (χ0v) is 17.1. The molecule has 6 nitrogen and oxygen atoms in total. The lowest BCUT2D eigenvalue weighted by molar-refractivity contribution is -0.122. The third-order valence-corrected chi connectivity index (χ3v) is 6.40. The SMILES string of the molecule is O=C1[C@@H]2[C@H](C(=O)N1c1ccccc1N([O-])O)[C@H](c1ccccc1)C=C[C@H]2c1ccccc1. The molecule has 1 heterocycles. The molecule has 160 valence electrons. The van der Waals surface area contributed by atoms with E-state index in [2.05, 4.69) is 0 Å². The molecule has 6 heteroatoms. The predicted octanol–water partition coefficient (Wildman–Crippen LogP) is 4.62. The first kappa shape index (κ1) is 20.2. The summed E-state index contributed by atoms with van der Waals surface area (Å²) in [6.45, 7) is 0. The van der Waals surface area contributed by atoms with Crippen molar-refractivity contribution in [2.75, 3.05) is 10.1 Å². The van der Waals surface area contributed by atoms with Crippen LogP contribution in [-0.4, -0.2) is 17.0 Å². The van der Waals surface area contributed by atoms with Crippen LogP contribution in [0, 0.1) is 17.0 Å². The molecule has 5 rings (SSSR count). The molecule has 0 unspecified atom stereocenters. The highest BCUT2D eigenvalue weighted by atomic mass is 16.8. The van der Waals surface area contributed by atoms with Gasteiger partial charge in [-0.3, -0.25) is 14.8 Å². The van der Waals surface area contributed by atoms with Crippen molar-refractivity contribution in [2.24, 2.45) is 11.8 Å². The molecule has 4 atom stereocenters. The summed E-state index contributed by atoms with van der Waals surface area (Å²) < 4.78 is 0. The zero-order valence-electron chi connectivity index (χ0n) is 17.1. The monoisotopic (exact) mass is 425 g/mol. The first-order valence-electron chi connectivity index (χ1n) is 10.5. The standard InChI is InChI=1S/C26H21N2O4/c29-25-23-19(17-9-3-1-4-10-17)15-16-20(18-11-5-2-6-12-18)24(23)26(30)27(25)21-13-7-8-14-22(21)28(31)32/h1-16,19-20,23-24,31H/q-1/t19-,20-,23-,24+/m0/s1. The minimum Gasteiger partial charge on any atom is -0.733 e. The number of rotatable bonds is 4. The van der Waals surface area contributed by atoms with Gasteiger partial charge in [0.2, 0.25) is 11.8 Å². The molecule has 0 radical (unpaired) electrons. The molecule has 0 spiro atoms. The summed E-state index contributed by atoms with van der Waals surface area (Å²) in [6.07, 6.45) is 4.03. The molecule has 3 aromatic rings. The van der Waals surface area contributed by atoms with E-state index in [1.165, 1.54) is 12.1 Å². The summed E-state index contributed by atoms with van der Waals surface area (Å²) in [7, 11) is 0. The van der Waals surface area contributed by atoms with Crippen LogP contribution in [0.4, 0.5) is 11.4 Å². The number of nitrogens with zero attached hydrogens (tertiary/aromatic N) is 2. The Labute approximate surface area is 185 Å². The summed E-state index contributed by atoms with van der Waals surface area (Å²) in [5, 5.41) is 21.0. The molecule has 0 saturated carbocycles. The highest BCUT2D eigenvalue weighted by molar-refractivity contribution is 6.24. The number of hydrogen-bond donors (Lipinski definition) is 1. The predicted molar refractivity (Wildman–Crippen MR) is 121 cm³/mol. The van der Waals surface area contributed by atoms with Crippen molar-refractivity contribution in [3.8, 4) is 0 Å². The van der Waals surface area contributed by atoms with Crippen LogP contribution in [0.25, 0.3) is 0 Å². The second-order valence-corrected chi connectivity index (χ2v) is 8.08. The van der Waals surface area contributed by atoms with E-state index < -0.39 is 11.8 Å². The highest BCUT2D eigenvalue weighted by Crippen LogP contribution is 2.51. The smallest absolute Gasteiger partial charge is 0.238 e. The van der Waals surface area contributed by atoms with Gasteiger partial charge in [-0.2, -0.15) is 0 Å². The van der Waals surface area contributed by atoms with Crippen LogP contribution in [0.5, 0.6) is 0 Å². The van der Waals surface area contributed by atoms with Crippen LogP contribution >= 0.6 is 0 Å². The van der Waals surface area contributed by atoms with Gasteiger partial charge in [0, 0.05) is 11.8 Å². The Balaban J connectivity index is 1.65. The number of allylic oxidation sites excluding steroid dienone is 2. The lowest BCUT2D eigenvalue weighted by Crippen LogP contribution is -2.33. The average molecular weight is 425 g/mol. The van der Waals surface area contributed by atoms with Gasteiger partial charge in [0.1, 0.15) is 0 Å². The fourth-order valence-corrected chi connectivity index (χ4v) is 4.99. The highest BCUT2D eigenvalue weighted by Gasteiger charge is 2.55. The fraction of sp³-hybridized carbons (Fsp3) is 0.154. The second-order valence-electron chi connectivity index (χ2n) is 8.08. The quantitative estimate of drug-likeness (QED) is 0.375. The van der Waals surface area contributed by atoms with Gasteiger partial charge < -0.3 is 10.4 Å². The Morgan fingerprint density at radius 1 is 0.688 bits per heavy atom. The number of carbonyl (C=O) groups excluding carboxylic acids is 2. The molecule has 2 aliphatic rings. The van der Waals surface area contributed by atoms with Gasteiger partial charge in [0.15, 0.2) is 0 Å². The van der Waals surface area contributed by atoms with Crippen molar-refractivity contribution in [1.82, 2.24) is 0 Å². The van der Waals surface area contributed by atoms with E-state index in [-0.39, 0.29) is 40.3 Å². The molecule has 0 bridgehead atoms. The molecule has 1 aliphatic heterocycles. The summed E-state index contributed by atoms with van der Waals surface area (Å²) in [5.74, 6) is -2.51. The molecule has 1 aliphatic carbocycles. The number of imide groups is 1. The Kier molecular flexibility index (Phi) is 5.09. The summed E-state index contributed by atoms with van der Waals surface area (Å²) in [4.78, 5) is 28.6. The Bertz CT molecular complexity index is 1110. The Morgan fingerprint density at radius 2 is 1.12 bits per heavy atom. The van der Waals surface area contributed by atoms with E-state index in [4.69, 9.17) is 0 Å². The van der Waals surface area contributed by atoms with Crippen LogP contribution < -0.4 is 10.1 Å². The van der Waals surface area contributed by atoms with Crippen molar-refractivity contribution in [1.29, 1.82) is 0 Å². The lowest BCUT2D eigenvalue weighted by atomic mass is 9.68. The van der Waals surface area contributed by atoms with E-state index in [9.17, 15) is 20.0 Å². The van der Waals surface area contributed by atoms with Gasteiger partial charge in [-0.25, -0.2) is 4.90 Å². The van der Waals surface area contributed by atoms with E-state index in [0.717, 1.165) is 16.0 Å². The Hall–Kier alpha value is -3.74. The van der Waals surface area contributed by atoms with Gasteiger partial charge in [0.25, 0.3) is 0 Å². The molecule has 1 saturated heterocycles. The van der Waals surface area contributed by atoms with Gasteiger partial charge >= 0.3 is 0 Å². The first-order valence-corrected chi connectivity index (χ1v) is 10.5. The maximum Gasteiger partial charge on any atom is 0.238 e. The summed E-state index contributed by atoms with van der Waals surface area (Å²) >= 11 is 0. The van der Waals surface area contributed by atoms with Crippen LogP contribution in [-0.2, 0) is 9.59 Å². The molecule has 3 aromatic carbocycles. The first-order chi connectivity index (χ1) is 15.6. The van der Waals surface area contributed by atoms with Crippen molar-refractivity contribution >= 4 is 23.2 Å². The molecule has 1 N–H and O–H groups in total. The molecule has 32 heavy (non-hydrogen) atoms. The average Bonchev–Trinajstić information content (AvgIpc) is 3.10. The lowest BCUT2D eigenvalue weighted by Gasteiger charge is -2.32. The topological polar surface area (TPSA) is 83.9 Å². The van der Waals surface area contributed by atoms with Crippen molar-refractivity contribution in [3.63, 3.8) is 0 Å². The second kappa shape index (κ2) is 8.07. The van der Waals surface area contributed by atoms with Gasteiger partial charge in [-0.1, -0.05) is 84.9 Å². The maximum atomic E-state index is 13.8. The van der Waals surface area contributed by atoms with Crippen molar-refractivity contribution in [3.05, 3.63) is 113 Å². The van der Waals surface area contributed by atoms with Gasteiger partial charge in [0.05, 0.1) is 23.2 Å². The van der Waals surface area contributed by atoms with Crippen LogP contribution in [0.1, 0.15) is 23.0 Å². The van der Waals surface area contributed by atoms with Crippen molar-refractivity contribution < 1.29 is 14.8 Å². The fourth-order valence-electron chi connectivity index (χ4n) is 4.99. The zero-order chi connectivity index (χ0) is 22.2. The number of para-hydroxylation sites is 2. The summed E-state index contributed by atoms with van der Waals surface area (Å²) in [6, 6.07) is 25.4. The minimum atomic E-state index is -0.619. The van der Waals surface area contributed by atoms with Gasteiger partial charge in [-0.05, 0) is 23.3 Å². The number of fused-ring (bicyclic) bond motifs is 1. The number of amides is 2. The minimum absolute atomic E-state index is 0.0908. The van der Waals surface area contributed by atoms with Crippen molar-refractivity contribution in [2.45, 2.75) is 11.8 Å². The number of benzene rings is 3. The van der Waals surface area contributed by atoms with Crippen LogP contribution in [0.15, 0.2) is 97.1 Å². The number of carbonyl (C=O) groups is 2. The van der Waals surface area contributed by atoms with Gasteiger partial charge in [-0.15, -0.1) is 0 Å². The molecule has 2 amide bonds. The third kappa shape index (κ3) is 3.21. The number of anilines is 2. The third-order valence-electron chi connectivity index (χ3n) is 6.40. The van der Waals surface area contributed by atoms with E-state index in [1.807, 2.05) is 72.8 Å². The van der Waals surface area contributed by atoms with E-state index in [0.29, 0.717) is 0 Å². The largest absolute Gasteiger partial charge is 0.733 e. The molecule has 1 fully saturated rings. The van der Waals surface area contributed by atoms with Crippen LogP contribution in [0.3, 0.4) is 0 Å². The summed E-state index contributed by atoms with van der Waals surface area (Å²) in [5.41, 5.74) is 1.85. The molecule has 0 aromatic heterocycles. The normalized spacial score (nSPS) is 24.5. The maximum absolute atomic E-state index is 13.8. The molecular formula is C26H21N2O4-. The Morgan fingerprint density at radius 3 is 1.59 bits per heavy atom.